The Morgan fingerprint density at radius 2 is 1.05 bits per heavy atom. The summed E-state index contributed by atoms with van der Waals surface area (Å²) in [7, 11) is 3.12. The number of hydrogen-bond donors (Lipinski definition) is 0. The van der Waals surface area contributed by atoms with Crippen LogP contribution in [0, 0.1) is 5.92 Å². The van der Waals surface area contributed by atoms with E-state index in [1.165, 1.54) is 0 Å². The van der Waals surface area contributed by atoms with Gasteiger partial charge in [-0.3, -0.25) is 9.59 Å². The third kappa shape index (κ3) is 3.34. The molecule has 4 nitrogen and oxygen atoms in total. The first-order valence-electron chi connectivity index (χ1n) is 6.93. The molecule has 0 radical (unpaired) electrons. The maximum atomic E-state index is 12.4. The molecule has 0 aliphatic carbocycles. The Morgan fingerprint density at radius 1 is 0.727 bits per heavy atom. The Bertz CT molecular complexity index is 597. The standard InChI is InChI=1S/C18H18O4/c1-12(17(19)13-4-8-15(21-2)9-5-13)18(20)14-6-10-16(22-3)11-7-14/h4-12H,1-3H3. The molecule has 0 heterocycles. The van der Waals surface area contributed by atoms with Crippen molar-refractivity contribution in [2.24, 2.45) is 5.92 Å². The van der Waals surface area contributed by atoms with Crippen LogP contribution in [0.2, 0.25) is 0 Å². The Balaban J connectivity index is 2.15. The summed E-state index contributed by atoms with van der Waals surface area (Å²) in [5.74, 6) is 0.199. The molecule has 2 aromatic carbocycles. The molecule has 0 atom stereocenters. The van der Waals surface area contributed by atoms with Crippen LogP contribution in [-0.4, -0.2) is 25.8 Å². The minimum atomic E-state index is -0.734. The van der Waals surface area contributed by atoms with E-state index in [1.54, 1.807) is 69.7 Å². The largest absolute Gasteiger partial charge is 0.497 e. The number of ether oxygens (including phenoxy) is 2. The predicted molar refractivity (Wildman–Crippen MR) is 83.8 cm³/mol. The molecule has 0 N–H and O–H groups in total. The first-order valence-corrected chi connectivity index (χ1v) is 6.93. The highest BCUT2D eigenvalue weighted by Crippen LogP contribution is 2.19. The monoisotopic (exact) mass is 298 g/mol. The van der Waals surface area contributed by atoms with Gasteiger partial charge in [-0.15, -0.1) is 0 Å². The van der Waals surface area contributed by atoms with E-state index in [1.807, 2.05) is 0 Å². The summed E-state index contributed by atoms with van der Waals surface area (Å²) in [5.41, 5.74) is 0.991. The lowest BCUT2D eigenvalue weighted by molar-refractivity contribution is 0.0821. The summed E-state index contributed by atoms with van der Waals surface area (Å²) in [5, 5.41) is 0. The smallest absolute Gasteiger partial charge is 0.173 e. The third-order valence-corrected chi connectivity index (χ3v) is 3.54. The Labute approximate surface area is 129 Å². The van der Waals surface area contributed by atoms with Gasteiger partial charge in [0.15, 0.2) is 11.6 Å². The van der Waals surface area contributed by atoms with E-state index < -0.39 is 5.92 Å². The van der Waals surface area contributed by atoms with Crippen molar-refractivity contribution in [3.05, 3.63) is 59.7 Å². The van der Waals surface area contributed by atoms with Gasteiger partial charge in [-0.2, -0.15) is 0 Å². The Hall–Kier alpha value is -2.62. The van der Waals surface area contributed by atoms with Gasteiger partial charge in [0.2, 0.25) is 0 Å². The van der Waals surface area contributed by atoms with Crippen LogP contribution in [0.25, 0.3) is 0 Å². The molecular formula is C18H18O4. The highest BCUT2D eigenvalue weighted by Gasteiger charge is 2.23. The van der Waals surface area contributed by atoms with Crippen LogP contribution >= 0.6 is 0 Å². The van der Waals surface area contributed by atoms with E-state index >= 15 is 0 Å². The van der Waals surface area contributed by atoms with Crippen molar-refractivity contribution in [1.82, 2.24) is 0 Å². The molecule has 0 saturated heterocycles. The number of Topliss-reactive ketones (excluding diaryl/α,β-unsaturated/α-hetero) is 2. The number of benzene rings is 2. The second kappa shape index (κ2) is 6.89. The van der Waals surface area contributed by atoms with Crippen molar-refractivity contribution >= 4 is 11.6 Å². The van der Waals surface area contributed by atoms with Crippen molar-refractivity contribution < 1.29 is 19.1 Å². The zero-order valence-corrected chi connectivity index (χ0v) is 12.8. The molecule has 114 valence electrons. The zero-order valence-electron chi connectivity index (χ0n) is 12.8. The molecule has 0 spiro atoms. The van der Waals surface area contributed by atoms with Gasteiger partial charge in [0.25, 0.3) is 0 Å². The molecular weight excluding hydrogens is 280 g/mol. The summed E-state index contributed by atoms with van der Waals surface area (Å²) in [6.07, 6.45) is 0. The summed E-state index contributed by atoms with van der Waals surface area (Å²) in [6.45, 7) is 1.62. The van der Waals surface area contributed by atoms with Crippen LogP contribution in [0.3, 0.4) is 0 Å². The molecule has 0 saturated carbocycles. The number of ketones is 2. The summed E-state index contributed by atoms with van der Waals surface area (Å²) in [4.78, 5) is 24.8. The van der Waals surface area contributed by atoms with Crippen molar-refractivity contribution in [2.75, 3.05) is 14.2 Å². The van der Waals surface area contributed by atoms with E-state index in [2.05, 4.69) is 0 Å². The van der Waals surface area contributed by atoms with Crippen LogP contribution < -0.4 is 9.47 Å². The van der Waals surface area contributed by atoms with Gasteiger partial charge in [-0.1, -0.05) is 0 Å². The average Bonchev–Trinajstić information content (AvgIpc) is 2.60. The minimum Gasteiger partial charge on any atom is -0.497 e. The molecule has 0 fully saturated rings. The summed E-state index contributed by atoms with van der Waals surface area (Å²) in [6, 6.07) is 13.5. The number of methoxy groups -OCH3 is 2. The maximum absolute atomic E-state index is 12.4. The topological polar surface area (TPSA) is 52.6 Å². The molecule has 2 rings (SSSR count). The zero-order chi connectivity index (χ0) is 16.1. The van der Waals surface area contributed by atoms with E-state index in [0.29, 0.717) is 22.6 Å². The first-order chi connectivity index (χ1) is 10.6. The minimum absolute atomic E-state index is 0.205. The lowest BCUT2D eigenvalue weighted by Gasteiger charge is -2.10. The molecule has 0 bridgehead atoms. The summed E-state index contributed by atoms with van der Waals surface area (Å²) < 4.78 is 10.1. The highest BCUT2D eigenvalue weighted by molar-refractivity contribution is 6.15. The first kappa shape index (κ1) is 15.8. The Morgan fingerprint density at radius 3 is 1.32 bits per heavy atom. The number of carbonyl (C=O) groups excluding carboxylic acids is 2. The van der Waals surface area contributed by atoms with Gasteiger partial charge < -0.3 is 9.47 Å². The third-order valence-electron chi connectivity index (χ3n) is 3.54. The van der Waals surface area contributed by atoms with Gasteiger partial charge in [0, 0.05) is 11.1 Å². The van der Waals surface area contributed by atoms with E-state index in [9.17, 15) is 9.59 Å². The molecule has 0 unspecified atom stereocenters. The molecule has 0 amide bonds. The van der Waals surface area contributed by atoms with Crippen LogP contribution in [-0.2, 0) is 0 Å². The Kier molecular flexibility index (Phi) is 4.94. The number of hydrogen-bond acceptors (Lipinski definition) is 4. The average molecular weight is 298 g/mol. The van der Waals surface area contributed by atoms with E-state index in [-0.39, 0.29) is 11.6 Å². The van der Waals surface area contributed by atoms with Gasteiger partial charge in [0.05, 0.1) is 20.1 Å². The fraction of sp³-hybridized carbons (Fsp3) is 0.222. The molecule has 22 heavy (non-hydrogen) atoms. The van der Waals surface area contributed by atoms with Crippen molar-refractivity contribution in [2.45, 2.75) is 6.92 Å². The molecule has 4 heteroatoms. The van der Waals surface area contributed by atoms with E-state index in [0.717, 1.165) is 0 Å². The van der Waals surface area contributed by atoms with Crippen LogP contribution in [0.1, 0.15) is 27.6 Å². The summed E-state index contributed by atoms with van der Waals surface area (Å²) >= 11 is 0. The number of rotatable bonds is 6. The quantitative estimate of drug-likeness (QED) is 0.606. The molecule has 0 aromatic heterocycles. The molecule has 0 aliphatic heterocycles. The van der Waals surface area contributed by atoms with E-state index in [4.69, 9.17) is 9.47 Å². The normalized spacial score (nSPS) is 10.4. The van der Waals surface area contributed by atoms with Gasteiger partial charge in [-0.25, -0.2) is 0 Å². The van der Waals surface area contributed by atoms with Crippen molar-refractivity contribution in [1.29, 1.82) is 0 Å². The fourth-order valence-corrected chi connectivity index (χ4v) is 2.13. The number of carbonyl (C=O) groups is 2. The van der Waals surface area contributed by atoms with Crippen LogP contribution in [0.15, 0.2) is 48.5 Å². The second-order valence-corrected chi connectivity index (χ2v) is 4.91. The van der Waals surface area contributed by atoms with Crippen molar-refractivity contribution in [3.8, 4) is 11.5 Å². The lowest BCUT2D eigenvalue weighted by atomic mass is 9.91. The van der Waals surface area contributed by atoms with Crippen molar-refractivity contribution in [3.63, 3.8) is 0 Å². The van der Waals surface area contributed by atoms with Gasteiger partial charge in [-0.05, 0) is 55.5 Å². The second-order valence-electron chi connectivity index (χ2n) is 4.91. The fourth-order valence-electron chi connectivity index (χ4n) is 2.13. The lowest BCUT2D eigenvalue weighted by Crippen LogP contribution is -2.21. The highest BCUT2D eigenvalue weighted by atomic mass is 16.5. The SMILES string of the molecule is COc1ccc(C(=O)C(C)C(=O)c2ccc(OC)cc2)cc1. The van der Waals surface area contributed by atoms with Crippen LogP contribution in [0.4, 0.5) is 0 Å². The van der Waals surface area contributed by atoms with Crippen LogP contribution in [0.5, 0.6) is 11.5 Å². The maximum Gasteiger partial charge on any atom is 0.173 e. The molecule has 2 aromatic rings. The van der Waals surface area contributed by atoms with Gasteiger partial charge in [0.1, 0.15) is 11.5 Å². The molecule has 0 aliphatic rings. The predicted octanol–water partition coefficient (Wildman–Crippen LogP) is 3.41. The van der Waals surface area contributed by atoms with Gasteiger partial charge >= 0.3 is 0 Å².